The molecule has 1 aliphatic rings. The Bertz CT molecular complexity index is 539. The number of nitrogens with one attached hydrogen (secondary N) is 1. The van der Waals surface area contributed by atoms with Gasteiger partial charge in [0, 0.05) is 6.04 Å². The molecule has 0 aliphatic heterocycles. The second-order valence-electron chi connectivity index (χ2n) is 5.56. The third-order valence-corrected chi connectivity index (χ3v) is 6.50. The van der Waals surface area contributed by atoms with E-state index < -0.39 is 9.84 Å². The van der Waals surface area contributed by atoms with Crippen LogP contribution >= 0.6 is 0 Å². The topological polar surface area (TPSA) is 55.4 Å². The SMILES string of the molecule is CCNC1CCCCCC1S(=O)(=O)c1ccc(OC)cc1. The van der Waals surface area contributed by atoms with Crippen molar-refractivity contribution in [2.45, 2.75) is 55.2 Å². The molecule has 0 aromatic heterocycles. The minimum atomic E-state index is -3.30. The number of ether oxygens (including phenoxy) is 1. The van der Waals surface area contributed by atoms with Gasteiger partial charge in [0.15, 0.2) is 9.84 Å². The first-order valence-electron chi connectivity index (χ1n) is 7.71. The molecule has 5 heteroatoms. The van der Waals surface area contributed by atoms with Crippen molar-refractivity contribution < 1.29 is 13.2 Å². The average Bonchev–Trinajstić information content (AvgIpc) is 2.74. The van der Waals surface area contributed by atoms with Crippen LogP contribution in [0.25, 0.3) is 0 Å². The Morgan fingerprint density at radius 3 is 2.43 bits per heavy atom. The van der Waals surface area contributed by atoms with Crippen molar-refractivity contribution in [2.24, 2.45) is 0 Å². The Morgan fingerprint density at radius 1 is 1.14 bits per heavy atom. The number of hydrogen-bond acceptors (Lipinski definition) is 4. The molecule has 0 radical (unpaired) electrons. The summed E-state index contributed by atoms with van der Waals surface area (Å²) in [5, 5.41) is 3.04. The third kappa shape index (κ3) is 3.77. The Balaban J connectivity index is 2.29. The first-order valence-corrected chi connectivity index (χ1v) is 9.25. The molecule has 0 saturated heterocycles. The van der Waals surface area contributed by atoms with Gasteiger partial charge >= 0.3 is 0 Å². The maximum Gasteiger partial charge on any atom is 0.182 e. The monoisotopic (exact) mass is 311 g/mol. The minimum Gasteiger partial charge on any atom is -0.497 e. The molecule has 0 spiro atoms. The van der Waals surface area contributed by atoms with E-state index in [9.17, 15) is 8.42 Å². The molecule has 2 rings (SSSR count). The van der Waals surface area contributed by atoms with Crippen LogP contribution in [0.3, 0.4) is 0 Å². The van der Waals surface area contributed by atoms with E-state index >= 15 is 0 Å². The van der Waals surface area contributed by atoms with Gasteiger partial charge in [0.1, 0.15) is 5.75 Å². The minimum absolute atomic E-state index is 0.0598. The average molecular weight is 311 g/mol. The molecule has 1 N–H and O–H groups in total. The van der Waals surface area contributed by atoms with Gasteiger partial charge in [-0.1, -0.05) is 26.2 Å². The van der Waals surface area contributed by atoms with Crippen LogP contribution in [0, 0.1) is 0 Å². The molecule has 118 valence electrons. The fraction of sp³-hybridized carbons (Fsp3) is 0.625. The zero-order valence-corrected chi connectivity index (χ0v) is 13.7. The predicted octanol–water partition coefficient (Wildman–Crippen LogP) is 2.78. The van der Waals surface area contributed by atoms with Crippen molar-refractivity contribution in [3.63, 3.8) is 0 Å². The van der Waals surface area contributed by atoms with E-state index in [4.69, 9.17) is 4.74 Å². The van der Waals surface area contributed by atoms with Crippen LogP contribution < -0.4 is 10.1 Å². The first kappa shape index (κ1) is 16.3. The quantitative estimate of drug-likeness (QED) is 0.850. The molecule has 0 bridgehead atoms. The first-order chi connectivity index (χ1) is 10.1. The van der Waals surface area contributed by atoms with Crippen LogP contribution in [-0.2, 0) is 9.84 Å². The molecule has 2 atom stereocenters. The lowest BCUT2D eigenvalue weighted by atomic mass is 10.1. The lowest BCUT2D eigenvalue weighted by Crippen LogP contribution is -2.43. The number of benzene rings is 1. The summed E-state index contributed by atoms with van der Waals surface area (Å²) < 4.78 is 31.0. The molecular formula is C16H25NO3S. The molecule has 1 fully saturated rings. The van der Waals surface area contributed by atoms with Gasteiger partial charge in [-0.15, -0.1) is 0 Å². The van der Waals surface area contributed by atoms with Crippen molar-refractivity contribution in [3.05, 3.63) is 24.3 Å². The molecule has 4 nitrogen and oxygen atoms in total. The molecular weight excluding hydrogens is 286 g/mol. The summed E-state index contributed by atoms with van der Waals surface area (Å²) in [7, 11) is -1.72. The highest BCUT2D eigenvalue weighted by molar-refractivity contribution is 7.92. The van der Waals surface area contributed by atoms with E-state index in [1.807, 2.05) is 6.92 Å². The summed E-state index contributed by atoms with van der Waals surface area (Å²) in [4.78, 5) is 0.401. The van der Waals surface area contributed by atoms with Gasteiger partial charge in [-0.3, -0.25) is 0 Å². The van der Waals surface area contributed by atoms with Crippen molar-refractivity contribution in [2.75, 3.05) is 13.7 Å². The van der Waals surface area contributed by atoms with Gasteiger partial charge in [0.2, 0.25) is 0 Å². The Kier molecular flexibility index (Phi) is 5.65. The van der Waals surface area contributed by atoms with Crippen molar-refractivity contribution in [1.29, 1.82) is 0 Å². The summed E-state index contributed by atoms with van der Waals surface area (Å²) in [6.45, 7) is 2.83. The van der Waals surface area contributed by atoms with Gasteiger partial charge in [-0.2, -0.15) is 0 Å². The van der Waals surface area contributed by atoms with Crippen LogP contribution in [0.2, 0.25) is 0 Å². The highest BCUT2D eigenvalue weighted by Crippen LogP contribution is 2.29. The van der Waals surface area contributed by atoms with Crippen LogP contribution in [0.4, 0.5) is 0 Å². The zero-order valence-electron chi connectivity index (χ0n) is 12.8. The highest BCUT2D eigenvalue weighted by Gasteiger charge is 2.34. The van der Waals surface area contributed by atoms with Crippen molar-refractivity contribution in [3.8, 4) is 5.75 Å². The van der Waals surface area contributed by atoms with E-state index in [2.05, 4.69) is 5.32 Å². The largest absolute Gasteiger partial charge is 0.497 e. The van der Waals surface area contributed by atoms with Gasteiger partial charge < -0.3 is 10.1 Å². The van der Waals surface area contributed by atoms with Crippen molar-refractivity contribution in [1.82, 2.24) is 5.32 Å². The molecule has 1 aromatic rings. The lowest BCUT2D eigenvalue weighted by molar-refractivity contribution is 0.414. The Morgan fingerprint density at radius 2 is 1.81 bits per heavy atom. The van der Waals surface area contributed by atoms with Crippen LogP contribution in [0.1, 0.15) is 39.0 Å². The standard InChI is InChI=1S/C16H25NO3S/c1-3-17-15-7-5-4-6-8-16(15)21(18,19)14-11-9-13(20-2)10-12-14/h9-12,15-17H,3-8H2,1-2H3. The summed E-state index contributed by atoms with van der Waals surface area (Å²) in [5.41, 5.74) is 0. The van der Waals surface area contributed by atoms with Crippen LogP contribution in [-0.4, -0.2) is 33.4 Å². The molecule has 1 saturated carbocycles. The van der Waals surface area contributed by atoms with Gasteiger partial charge in [0.25, 0.3) is 0 Å². The van der Waals surface area contributed by atoms with E-state index in [0.29, 0.717) is 10.6 Å². The normalized spacial score (nSPS) is 23.5. The van der Waals surface area contributed by atoms with Crippen LogP contribution in [0.15, 0.2) is 29.2 Å². The molecule has 0 heterocycles. The molecule has 2 unspecified atom stereocenters. The fourth-order valence-corrected chi connectivity index (χ4v) is 5.09. The molecule has 1 aromatic carbocycles. The maximum atomic E-state index is 12.9. The number of hydrogen-bond donors (Lipinski definition) is 1. The summed E-state index contributed by atoms with van der Waals surface area (Å²) in [5.74, 6) is 0.679. The van der Waals surface area contributed by atoms with Gasteiger partial charge in [0.05, 0.1) is 17.3 Å². The van der Waals surface area contributed by atoms with Gasteiger partial charge in [-0.05, 0) is 43.7 Å². The number of rotatable bonds is 5. The van der Waals surface area contributed by atoms with Crippen LogP contribution in [0.5, 0.6) is 5.75 Å². The molecule has 21 heavy (non-hydrogen) atoms. The second kappa shape index (κ2) is 7.27. The number of methoxy groups -OCH3 is 1. The lowest BCUT2D eigenvalue weighted by Gasteiger charge is -2.26. The smallest absolute Gasteiger partial charge is 0.182 e. The fourth-order valence-electron chi connectivity index (χ4n) is 3.08. The highest BCUT2D eigenvalue weighted by atomic mass is 32.2. The Hall–Kier alpha value is -1.07. The summed E-state index contributed by atoms with van der Waals surface area (Å²) in [6, 6.07) is 6.80. The van der Waals surface area contributed by atoms with Crippen molar-refractivity contribution >= 4 is 9.84 Å². The summed E-state index contributed by atoms with van der Waals surface area (Å²) in [6.07, 6.45) is 4.89. The maximum absolute atomic E-state index is 12.9. The number of sulfone groups is 1. The molecule has 1 aliphatic carbocycles. The molecule has 0 amide bonds. The third-order valence-electron chi connectivity index (χ3n) is 4.21. The summed E-state index contributed by atoms with van der Waals surface area (Å²) >= 11 is 0. The van der Waals surface area contributed by atoms with Gasteiger partial charge in [-0.25, -0.2) is 8.42 Å². The second-order valence-corrected chi connectivity index (χ2v) is 7.73. The Labute approximate surface area is 127 Å². The van der Waals surface area contributed by atoms with E-state index in [1.165, 1.54) is 0 Å². The van der Waals surface area contributed by atoms with E-state index in [1.54, 1.807) is 31.4 Å². The van der Waals surface area contributed by atoms with E-state index in [-0.39, 0.29) is 11.3 Å². The van der Waals surface area contributed by atoms with E-state index in [0.717, 1.165) is 38.6 Å². The zero-order chi connectivity index (χ0) is 15.3. The predicted molar refractivity (Wildman–Crippen MR) is 84.5 cm³/mol.